The first-order chi connectivity index (χ1) is 13.2. The number of aromatic nitrogens is 3. The summed E-state index contributed by atoms with van der Waals surface area (Å²) in [5.41, 5.74) is 3.85. The fourth-order valence-electron chi connectivity index (χ4n) is 4.25. The van der Waals surface area contributed by atoms with Crippen LogP contribution in [-0.4, -0.2) is 32.1 Å². The lowest BCUT2D eigenvalue weighted by molar-refractivity contribution is 0.0613. The Balaban J connectivity index is 1.58. The van der Waals surface area contributed by atoms with Crippen LogP contribution in [0.4, 0.5) is 0 Å². The Bertz CT molecular complexity index is 990. The van der Waals surface area contributed by atoms with E-state index in [2.05, 4.69) is 34.3 Å². The van der Waals surface area contributed by atoms with Crippen LogP contribution in [-0.2, 0) is 7.05 Å². The number of hydrogen-bond acceptors (Lipinski definition) is 3. The van der Waals surface area contributed by atoms with E-state index in [-0.39, 0.29) is 11.9 Å². The maximum Gasteiger partial charge on any atom is 0.255 e. The van der Waals surface area contributed by atoms with Crippen molar-refractivity contribution in [2.24, 2.45) is 7.05 Å². The van der Waals surface area contributed by atoms with Gasteiger partial charge in [-0.1, -0.05) is 30.3 Å². The molecule has 138 valence electrons. The van der Waals surface area contributed by atoms with Gasteiger partial charge in [0, 0.05) is 25.2 Å². The van der Waals surface area contributed by atoms with E-state index in [4.69, 9.17) is 4.98 Å². The molecular formula is C22H24N4O. The molecule has 1 amide bonds. The maximum atomic E-state index is 13.7. The second-order valence-corrected chi connectivity index (χ2v) is 7.80. The Hall–Kier alpha value is -2.69. The monoisotopic (exact) mass is 360 g/mol. The molecule has 2 aliphatic rings. The minimum atomic E-state index is 0.117. The number of carbonyl (C=O) groups is 1. The SMILES string of the molecule is Cn1ncc2c(C(=O)N3CCCC[C@H]3c3ccccc3)cc(C3CC3)nc21. The predicted octanol–water partition coefficient (Wildman–Crippen LogP) is 4.21. The molecule has 5 heteroatoms. The Morgan fingerprint density at radius 3 is 2.70 bits per heavy atom. The van der Waals surface area contributed by atoms with Crippen LogP contribution >= 0.6 is 0 Å². The quantitative estimate of drug-likeness (QED) is 0.703. The van der Waals surface area contributed by atoms with Gasteiger partial charge in [-0.2, -0.15) is 5.10 Å². The first-order valence-electron chi connectivity index (χ1n) is 9.91. The van der Waals surface area contributed by atoms with Gasteiger partial charge < -0.3 is 4.90 Å². The molecule has 1 aliphatic heterocycles. The number of fused-ring (bicyclic) bond motifs is 1. The largest absolute Gasteiger partial charge is 0.332 e. The highest BCUT2D eigenvalue weighted by Crippen LogP contribution is 2.41. The van der Waals surface area contributed by atoms with E-state index in [0.29, 0.717) is 5.92 Å². The normalized spacial score (nSPS) is 20.2. The van der Waals surface area contributed by atoms with E-state index in [1.54, 1.807) is 10.9 Å². The van der Waals surface area contributed by atoms with Crippen molar-refractivity contribution in [3.05, 3.63) is 59.4 Å². The van der Waals surface area contributed by atoms with Crippen LogP contribution < -0.4 is 0 Å². The van der Waals surface area contributed by atoms with Gasteiger partial charge in [0.1, 0.15) is 0 Å². The zero-order valence-electron chi connectivity index (χ0n) is 15.6. The summed E-state index contributed by atoms with van der Waals surface area (Å²) in [7, 11) is 1.90. The molecule has 27 heavy (non-hydrogen) atoms. The third-order valence-electron chi connectivity index (χ3n) is 5.90. The summed E-state index contributed by atoms with van der Waals surface area (Å²) in [6.45, 7) is 0.807. The van der Waals surface area contributed by atoms with Crippen molar-refractivity contribution in [1.82, 2.24) is 19.7 Å². The van der Waals surface area contributed by atoms with Crippen LogP contribution in [0, 0.1) is 0 Å². The summed E-state index contributed by atoms with van der Waals surface area (Å²) in [5, 5.41) is 5.23. The number of amides is 1. The molecule has 1 atom stereocenters. The third-order valence-corrected chi connectivity index (χ3v) is 5.90. The Kier molecular flexibility index (Phi) is 3.96. The molecule has 0 bridgehead atoms. The van der Waals surface area contributed by atoms with E-state index < -0.39 is 0 Å². The highest BCUT2D eigenvalue weighted by atomic mass is 16.2. The third kappa shape index (κ3) is 2.91. The minimum Gasteiger partial charge on any atom is -0.332 e. The molecule has 1 aromatic carbocycles. The lowest BCUT2D eigenvalue weighted by atomic mass is 9.94. The van der Waals surface area contributed by atoms with Crippen LogP contribution in [0.3, 0.4) is 0 Å². The number of rotatable bonds is 3. The van der Waals surface area contributed by atoms with Crippen LogP contribution in [0.1, 0.15) is 65.7 Å². The molecule has 0 N–H and O–H groups in total. The van der Waals surface area contributed by atoms with Gasteiger partial charge in [0.15, 0.2) is 5.65 Å². The number of piperidine rings is 1. The summed E-state index contributed by atoms with van der Waals surface area (Å²) in [6.07, 6.45) is 7.36. The summed E-state index contributed by atoms with van der Waals surface area (Å²) in [4.78, 5) is 20.5. The summed E-state index contributed by atoms with van der Waals surface area (Å²) < 4.78 is 1.78. The zero-order valence-corrected chi connectivity index (χ0v) is 15.6. The number of benzene rings is 1. The number of nitrogens with zero attached hydrogens (tertiary/aromatic N) is 4. The second kappa shape index (κ2) is 6.48. The molecule has 1 aliphatic carbocycles. The zero-order chi connectivity index (χ0) is 18.4. The van der Waals surface area contributed by atoms with Gasteiger partial charge in [0.2, 0.25) is 0 Å². The first kappa shape index (κ1) is 16.5. The molecular weight excluding hydrogens is 336 g/mol. The highest BCUT2D eigenvalue weighted by molar-refractivity contribution is 6.05. The van der Waals surface area contributed by atoms with Crippen LogP contribution in [0.5, 0.6) is 0 Å². The van der Waals surface area contributed by atoms with Crippen molar-refractivity contribution >= 4 is 16.9 Å². The first-order valence-corrected chi connectivity index (χ1v) is 9.91. The average Bonchev–Trinajstić information content (AvgIpc) is 3.51. The fraction of sp³-hybridized carbons (Fsp3) is 0.409. The van der Waals surface area contributed by atoms with E-state index >= 15 is 0 Å². The number of pyridine rings is 1. The lowest BCUT2D eigenvalue weighted by Gasteiger charge is -2.36. The maximum absolute atomic E-state index is 13.7. The number of aryl methyl sites for hydroxylation is 1. The van der Waals surface area contributed by atoms with Gasteiger partial charge in [0.25, 0.3) is 5.91 Å². The molecule has 1 saturated heterocycles. The summed E-state index contributed by atoms with van der Waals surface area (Å²) in [5.74, 6) is 0.618. The number of likely N-dealkylation sites (tertiary alicyclic amines) is 1. The highest BCUT2D eigenvalue weighted by Gasteiger charge is 2.32. The molecule has 2 fully saturated rings. The number of hydrogen-bond donors (Lipinski definition) is 0. The molecule has 5 nitrogen and oxygen atoms in total. The Morgan fingerprint density at radius 1 is 1.11 bits per heavy atom. The van der Waals surface area contributed by atoms with Gasteiger partial charge in [-0.15, -0.1) is 0 Å². The van der Waals surface area contributed by atoms with E-state index in [1.807, 2.05) is 19.2 Å². The van der Waals surface area contributed by atoms with Gasteiger partial charge in [-0.25, -0.2) is 4.98 Å². The van der Waals surface area contributed by atoms with Crippen molar-refractivity contribution < 1.29 is 4.79 Å². The van der Waals surface area contributed by atoms with Crippen molar-refractivity contribution in [2.75, 3.05) is 6.54 Å². The Labute approximate surface area is 159 Å². The molecule has 5 rings (SSSR count). The average molecular weight is 360 g/mol. The lowest BCUT2D eigenvalue weighted by Crippen LogP contribution is -2.38. The van der Waals surface area contributed by atoms with Gasteiger partial charge in [0.05, 0.1) is 23.2 Å². The minimum absolute atomic E-state index is 0.117. The van der Waals surface area contributed by atoms with Crippen molar-refractivity contribution in [3.8, 4) is 0 Å². The predicted molar refractivity (Wildman–Crippen MR) is 105 cm³/mol. The topological polar surface area (TPSA) is 51.0 Å². The van der Waals surface area contributed by atoms with E-state index in [1.165, 1.54) is 18.4 Å². The van der Waals surface area contributed by atoms with Crippen LogP contribution in [0.2, 0.25) is 0 Å². The van der Waals surface area contributed by atoms with Crippen molar-refractivity contribution in [1.29, 1.82) is 0 Å². The molecule has 0 radical (unpaired) electrons. The summed E-state index contributed by atoms with van der Waals surface area (Å²) >= 11 is 0. The molecule has 3 heterocycles. The fourth-order valence-corrected chi connectivity index (χ4v) is 4.25. The van der Waals surface area contributed by atoms with Crippen molar-refractivity contribution in [2.45, 2.75) is 44.1 Å². The number of carbonyl (C=O) groups excluding carboxylic acids is 1. The molecule has 2 aromatic heterocycles. The molecule has 3 aromatic rings. The Morgan fingerprint density at radius 2 is 1.93 bits per heavy atom. The second-order valence-electron chi connectivity index (χ2n) is 7.80. The van der Waals surface area contributed by atoms with Crippen molar-refractivity contribution in [3.63, 3.8) is 0 Å². The van der Waals surface area contributed by atoms with Gasteiger partial charge >= 0.3 is 0 Å². The van der Waals surface area contributed by atoms with Gasteiger partial charge in [-0.05, 0) is 43.7 Å². The van der Waals surface area contributed by atoms with E-state index in [9.17, 15) is 4.79 Å². The van der Waals surface area contributed by atoms with Crippen LogP contribution in [0.15, 0.2) is 42.6 Å². The summed E-state index contributed by atoms with van der Waals surface area (Å²) in [6, 6.07) is 12.6. The molecule has 1 saturated carbocycles. The van der Waals surface area contributed by atoms with Crippen LogP contribution in [0.25, 0.3) is 11.0 Å². The molecule has 0 spiro atoms. The standard InChI is InChI=1S/C22H24N4O/c1-25-21-18(14-23-25)17(13-19(24-21)15-10-11-15)22(27)26-12-6-5-9-20(26)16-7-3-2-4-8-16/h2-4,7-8,13-15,20H,5-6,9-12H2,1H3/t20-/m0/s1. The van der Waals surface area contributed by atoms with Gasteiger partial charge in [-0.3, -0.25) is 9.48 Å². The molecule has 0 unspecified atom stereocenters. The smallest absolute Gasteiger partial charge is 0.255 e. The van der Waals surface area contributed by atoms with E-state index in [0.717, 1.165) is 48.1 Å².